The number of nitrogens with zero attached hydrogens (tertiary/aromatic N) is 2. The minimum Gasteiger partial charge on any atom is -0.486 e. The summed E-state index contributed by atoms with van der Waals surface area (Å²) in [6, 6.07) is 5.51. The molecule has 2 saturated heterocycles. The van der Waals surface area contributed by atoms with E-state index in [4.69, 9.17) is 9.47 Å². The van der Waals surface area contributed by atoms with Crippen molar-refractivity contribution in [1.29, 1.82) is 0 Å². The van der Waals surface area contributed by atoms with E-state index in [0.717, 1.165) is 51.9 Å². The number of amides is 2. The molecule has 0 unspecified atom stereocenters. The molecule has 26 heavy (non-hydrogen) atoms. The zero-order valence-corrected chi connectivity index (χ0v) is 15.3. The zero-order chi connectivity index (χ0) is 18.1. The highest BCUT2D eigenvalue weighted by molar-refractivity contribution is 5.98. The molecular formula is C20H26N2O4. The van der Waals surface area contributed by atoms with Crippen LogP contribution in [0.1, 0.15) is 43.0 Å². The maximum atomic E-state index is 13.0. The number of carbonyl (C=O) groups excluding carboxylic acids is 2. The minimum atomic E-state index is 0.0152. The number of likely N-dealkylation sites (tertiary alicyclic amines) is 2. The van der Waals surface area contributed by atoms with Crippen molar-refractivity contribution in [2.24, 2.45) is 5.41 Å². The predicted molar refractivity (Wildman–Crippen MR) is 96.5 cm³/mol. The average molecular weight is 358 g/mol. The molecule has 3 aliphatic heterocycles. The molecule has 3 heterocycles. The fourth-order valence-corrected chi connectivity index (χ4v) is 4.48. The number of hydrogen-bond donors (Lipinski definition) is 0. The molecule has 1 aromatic rings. The number of para-hydroxylation sites is 1. The molecule has 2 fully saturated rings. The first-order valence-electron chi connectivity index (χ1n) is 9.51. The Labute approximate surface area is 154 Å². The molecular weight excluding hydrogens is 332 g/mol. The number of benzene rings is 1. The van der Waals surface area contributed by atoms with Gasteiger partial charge in [-0.05, 0) is 43.2 Å². The Morgan fingerprint density at radius 2 is 1.77 bits per heavy atom. The van der Waals surface area contributed by atoms with Crippen molar-refractivity contribution in [3.05, 3.63) is 23.8 Å². The van der Waals surface area contributed by atoms with Crippen LogP contribution in [0.5, 0.6) is 11.5 Å². The minimum absolute atomic E-state index is 0.0152. The monoisotopic (exact) mass is 358 g/mol. The van der Waals surface area contributed by atoms with Crippen LogP contribution in [0, 0.1) is 5.41 Å². The van der Waals surface area contributed by atoms with Crippen LogP contribution in [0.4, 0.5) is 0 Å². The van der Waals surface area contributed by atoms with Gasteiger partial charge in [0.25, 0.3) is 5.91 Å². The van der Waals surface area contributed by atoms with Gasteiger partial charge in [0, 0.05) is 33.1 Å². The first-order chi connectivity index (χ1) is 12.6. The van der Waals surface area contributed by atoms with Gasteiger partial charge in [0.15, 0.2) is 11.5 Å². The molecule has 0 N–H and O–H groups in total. The highest BCUT2D eigenvalue weighted by atomic mass is 16.6. The lowest BCUT2D eigenvalue weighted by Gasteiger charge is -2.47. The maximum absolute atomic E-state index is 13.0. The van der Waals surface area contributed by atoms with Crippen LogP contribution < -0.4 is 9.47 Å². The van der Waals surface area contributed by atoms with Crippen LogP contribution in [-0.4, -0.2) is 61.0 Å². The van der Waals surface area contributed by atoms with E-state index in [2.05, 4.69) is 0 Å². The van der Waals surface area contributed by atoms with E-state index in [0.29, 0.717) is 30.3 Å². The molecule has 0 aromatic heterocycles. The van der Waals surface area contributed by atoms with Gasteiger partial charge in [-0.1, -0.05) is 6.07 Å². The van der Waals surface area contributed by atoms with Crippen LogP contribution in [0.25, 0.3) is 0 Å². The van der Waals surface area contributed by atoms with Crippen molar-refractivity contribution in [3.8, 4) is 11.5 Å². The van der Waals surface area contributed by atoms with Crippen molar-refractivity contribution in [2.45, 2.75) is 32.6 Å². The van der Waals surface area contributed by atoms with Crippen molar-refractivity contribution in [2.75, 3.05) is 39.4 Å². The Morgan fingerprint density at radius 3 is 2.54 bits per heavy atom. The Kier molecular flexibility index (Phi) is 4.51. The standard InChI is InChI=1S/C20H26N2O4/c1-15(23)22-9-3-6-20(14-22)7-10-21(11-8-20)19(24)16-4-2-5-17-18(16)26-13-12-25-17/h2,4-5H,3,6-14H2,1H3. The van der Waals surface area contributed by atoms with Crippen LogP contribution in [0.15, 0.2) is 18.2 Å². The average Bonchev–Trinajstić information content (AvgIpc) is 2.68. The second kappa shape index (κ2) is 6.82. The smallest absolute Gasteiger partial charge is 0.257 e. The van der Waals surface area contributed by atoms with E-state index < -0.39 is 0 Å². The van der Waals surface area contributed by atoms with Gasteiger partial charge in [0.1, 0.15) is 13.2 Å². The lowest BCUT2D eigenvalue weighted by Crippen LogP contribution is -2.51. The van der Waals surface area contributed by atoms with E-state index in [1.54, 1.807) is 6.92 Å². The number of piperidine rings is 2. The quantitative estimate of drug-likeness (QED) is 0.773. The molecule has 140 valence electrons. The maximum Gasteiger partial charge on any atom is 0.257 e. The van der Waals surface area contributed by atoms with Gasteiger partial charge in [-0.3, -0.25) is 9.59 Å². The molecule has 1 aromatic carbocycles. The van der Waals surface area contributed by atoms with Gasteiger partial charge in [-0.15, -0.1) is 0 Å². The Bertz CT molecular complexity index is 710. The van der Waals surface area contributed by atoms with Gasteiger partial charge >= 0.3 is 0 Å². The summed E-state index contributed by atoms with van der Waals surface area (Å²) in [6.07, 6.45) is 4.12. The van der Waals surface area contributed by atoms with Gasteiger partial charge < -0.3 is 19.3 Å². The number of hydrogen-bond acceptors (Lipinski definition) is 4. The Morgan fingerprint density at radius 1 is 1.00 bits per heavy atom. The fourth-order valence-electron chi connectivity index (χ4n) is 4.48. The van der Waals surface area contributed by atoms with Crippen molar-refractivity contribution in [3.63, 3.8) is 0 Å². The fraction of sp³-hybridized carbons (Fsp3) is 0.600. The third-order valence-electron chi connectivity index (χ3n) is 6.01. The van der Waals surface area contributed by atoms with Crippen molar-refractivity contribution in [1.82, 2.24) is 9.80 Å². The summed E-state index contributed by atoms with van der Waals surface area (Å²) in [5.41, 5.74) is 0.767. The van der Waals surface area contributed by atoms with Gasteiger partial charge in [0.2, 0.25) is 5.91 Å². The topological polar surface area (TPSA) is 59.1 Å². The zero-order valence-electron chi connectivity index (χ0n) is 15.3. The van der Waals surface area contributed by atoms with Crippen molar-refractivity contribution < 1.29 is 19.1 Å². The predicted octanol–water partition coefficient (Wildman–Crippen LogP) is 2.32. The molecule has 0 radical (unpaired) electrons. The summed E-state index contributed by atoms with van der Waals surface area (Å²) in [4.78, 5) is 28.7. The molecule has 0 bridgehead atoms. The van der Waals surface area contributed by atoms with Crippen LogP contribution in [0.3, 0.4) is 0 Å². The molecule has 1 spiro atoms. The number of fused-ring (bicyclic) bond motifs is 1. The highest BCUT2D eigenvalue weighted by Crippen LogP contribution is 2.41. The van der Waals surface area contributed by atoms with Crippen molar-refractivity contribution >= 4 is 11.8 Å². The summed E-state index contributed by atoms with van der Waals surface area (Å²) in [7, 11) is 0. The molecule has 0 atom stereocenters. The van der Waals surface area contributed by atoms with E-state index in [-0.39, 0.29) is 17.2 Å². The lowest BCUT2D eigenvalue weighted by molar-refractivity contribution is -0.133. The Hall–Kier alpha value is -2.24. The molecule has 2 amide bonds. The normalized spacial score (nSPS) is 21.6. The third-order valence-corrected chi connectivity index (χ3v) is 6.01. The largest absolute Gasteiger partial charge is 0.486 e. The van der Waals surface area contributed by atoms with Gasteiger partial charge in [0.05, 0.1) is 5.56 Å². The van der Waals surface area contributed by atoms with Gasteiger partial charge in [-0.25, -0.2) is 0 Å². The van der Waals surface area contributed by atoms with E-state index in [9.17, 15) is 9.59 Å². The van der Waals surface area contributed by atoms with Crippen LogP contribution >= 0.6 is 0 Å². The molecule has 0 saturated carbocycles. The Balaban J connectivity index is 1.45. The third kappa shape index (κ3) is 3.13. The molecule has 6 heteroatoms. The van der Waals surface area contributed by atoms with Crippen LogP contribution in [0.2, 0.25) is 0 Å². The first-order valence-corrected chi connectivity index (χ1v) is 9.51. The van der Waals surface area contributed by atoms with Crippen LogP contribution in [-0.2, 0) is 4.79 Å². The highest BCUT2D eigenvalue weighted by Gasteiger charge is 2.40. The van der Waals surface area contributed by atoms with E-state index in [1.165, 1.54) is 0 Å². The molecule has 0 aliphatic carbocycles. The molecule has 6 nitrogen and oxygen atoms in total. The summed E-state index contributed by atoms with van der Waals surface area (Å²) in [6.45, 7) is 5.81. The summed E-state index contributed by atoms with van der Waals surface area (Å²) in [5, 5.41) is 0. The number of rotatable bonds is 1. The van der Waals surface area contributed by atoms with Gasteiger partial charge in [-0.2, -0.15) is 0 Å². The van der Waals surface area contributed by atoms with E-state index >= 15 is 0 Å². The number of carbonyl (C=O) groups is 2. The summed E-state index contributed by atoms with van der Waals surface area (Å²) in [5.74, 6) is 1.40. The second-order valence-corrected chi connectivity index (χ2v) is 7.67. The van der Waals surface area contributed by atoms with E-state index in [1.807, 2.05) is 28.0 Å². The second-order valence-electron chi connectivity index (χ2n) is 7.67. The summed E-state index contributed by atoms with van der Waals surface area (Å²) >= 11 is 0. The molecule has 3 aliphatic rings. The summed E-state index contributed by atoms with van der Waals surface area (Å²) < 4.78 is 11.3. The lowest BCUT2D eigenvalue weighted by atomic mass is 9.72. The SMILES string of the molecule is CC(=O)N1CCCC2(CCN(C(=O)c3cccc4c3OCCO4)CC2)C1. The number of ether oxygens (including phenoxy) is 2. The molecule has 4 rings (SSSR count). The first kappa shape index (κ1) is 17.2.